The molecule has 2 unspecified atom stereocenters. The Balaban J connectivity index is 1.99. The summed E-state index contributed by atoms with van der Waals surface area (Å²) in [5.74, 6) is -4.34. The van der Waals surface area contributed by atoms with Crippen LogP contribution in [0.5, 0.6) is 0 Å². The van der Waals surface area contributed by atoms with Crippen LogP contribution in [0.3, 0.4) is 0 Å². The Bertz CT molecular complexity index is 1190. The number of carbonyl (C=O) groups excluding carboxylic acids is 5. The maximum Gasteiger partial charge on any atom is 0.336 e. The lowest BCUT2D eigenvalue weighted by molar-refractivity contribution is -0.175. The number of carbonyl (C=O) groups is 5. The summed E-state index contributed by atoms with van der Waals surface area (Å²) in [5.41, 5.74) is -1.22. The van der Waals surface area contributed by atoms with Crippen molar-refractivity contribution in [3.63, 3.8) is 0 Å². The van der Waals surface area contributed by atoms with Gasteiger partial charge in [0.15, 0.2) is 0 Å². The maximum absolute atomic E-state index is 14.1. The van der Waals surface area contributed by atoms with Gasteiger partial charge in [-0.2, -0.15) is 0 Å². The van der Waals surface area contributed by atoms with Crippen molar-refractivity contribution in [1.82, 2.24) is 4.90 Å². The molecule has 4 rings (SSSR count). The largest absolute Gasteiger partial charge is 0.464 e. The molecule has 0 aromatic heterocycles. The number of nitrogens with zero attached hydrogens (tertiary/aromatic N) is 1. The van der Waals surface area contributed by atoms with Gasteiger partial charge in [0.1, 0.15) is 18.3 Å². The number of cyclic esters (lactones) is 1. The lowest BCUT2D eigenvalue weighted by atomic mass is 9.50. The van der Waals surface area contributed by atoms with E-state index in [4.69, 9.17) is 18.9 Å². The Morgan fingerprint density at radius 2 is 1.82 bits per heavy atom. The molecular formula is C30H37NO9. The Labute approximate surface area is 234 Å². The van der Waals surface area contributed by atoms with Gasteiger partial charge in [0.25, 0.3) is 6.47 Å². The van der Waals surface area contributed by atoms with Crippen molar-refractivity contribution in [3.05, 3.63) is 48.2 Å². The fraction of sp³-hybridized carbons (Fsp3) is 0.567. The predicted molar refractivity (Wildman–Crippen MR) is 142 cm³/mol. The first-order valence-electron chi connectivity index (χ1n) is 13.5. The number of ketones is 2. The Hall–Kier alpha value is -3.53. The van der Waals surface area contributed by atoms with Crippen molar-refractivity contribution in [2.24, 2.45) is 22.7 Å². The van der Waals surface area contributed by atoms with E-state index in [9.17, 15) is 24.0 Å². The molecule has 1 saturated heterocycles. The third kappa shape index (κ3) is 4.52. The summed E-state index contributed by atoms with van der Waals surface area (Å²) >= 11 is 0. The van der Waals surface area contributed by atoms with E-state index in [1.807, 2.05) is 6.92 Å². The van der Waals surface area contributed by atoms with Gasteiger partial charge >= 0.3 is 11.9 Å². The number of fused-ring (bicyclic) bond motifs is 4. The van der Waals surface area contributed by atoms with Crippen molar-refractivity contribution in [2.75, 3.05) is 26.8 Å². The molecule has 2 fully saturated rings. The van der Waals surface area contributed by atoms with Crippen LogP contribution in [0.1, 0.15) is 40.0 Å². The van der Waals surface area contributed by atoms with Gasteiger partial charge in [-0.25, -0.2) is 4.79 Å². The van der Waals surface area contributed by atoms with Crippen LogP contribution in [0.2, 0.25) is 0 Å². The zero-order valence-corrected chi connectivity index (χ0v) is 23.5. The minimum Gasteiger partial charge on any atom is -0.464 e. The second kappa shape index (κ2) is 11.2. The normalized spacial score (nSPS) is 35.8. The van der Waals surface area contributed by atoms with Gasteiger partial charge in [0.2, 0.25) is 11.6 Å². The number of rotatable bonds is 10. The second-order valence-corrected chi connectivity index (χ2v) is 11.4. The highest BCUT2D eigenvalue weighted by atomic mass is 16.6. The quantitative estimate of drug-likeness (QED) is 0.0991. The van der Waals surface area contributed by atoms with Crippen LogP contribution < -0.4 is 0 Å². The van der Waals surface area contributed by atoms with Crippen molar-refractivity contribution in [1.29, 1.82) is 0 Å². The molecule has 1 saturated carbocycles. The summed E-state index contributed by atoms with van der Waals surface area (Å²) in [7, 11) is 1.46. The fourth-order valence-electron chi connectivity index (χ4n) is 7.47. The summed E-state index contributed by atoms with van der Waals surface area (Å²) in [6.45, 7) is 13.5. The maximum atomic E-state index is 14.1. The summed E-state index contributed by atoms with van der Waals surface area (Å²) in [6, 6.07) is 0. The highest BCUT2D eigenvalue weighted by molar-refractivity contribution is 6.47. The van der Waals surface area contributed by atoms with Crippen molar-refractivity contribution in [2.45, 2.75) is 58.3 Å². The molecule has 40 heavy (non-hydrogen) atoms. The lowest BCUT2D eigenvalue weighted by Crippen LogP contribution is -2.63. The molecule has 1 heterocycles. The molecule has 1 aliphatic heterocycles. The highest BCUT2D eigenvalue weighted by Gasteiger charge is 2.68. The summed E-state index contributed by atoms with van der Waals surface area (Å²) < 4.78 is 22.6. The molecule has 3 aliphatic carbocycles. The molecule has 0 bridgehead atoms. The Morgan fingerprint density at radius 3 is 2.40 bits per heavy atom. The minimum absolute atomic E-state index is 0.0342. The molecule has 0 amide bonds. The molecule has 10 nitrogen and oxygen atoms in total. The van der Waals surface area contributed by atoms with E-state index in [2.05, 4.69) is 13.2 Å². The van der Waals surface area contributed by atoms with Gasteiger partial charge < -0.3 is 23.8 Å². The molecule has 4 aliphatic rings. The fourth-order valence-corrected chi connectivity index (χ4v) is 7.47. The standard InChI is InChI=1S/C30H37NO9/c1-7-11-31(12-8-2)14-18-24-27(35)26(34)23-19-9-10-21(38-16-32)29(19,4)13-20(39-17(3)33)25(23)30(24,5)22(15-37-6)40-28(18)36/h7-8,14,16,19-22,24H,1-2,9-13,15H2,3-6H3/t19?,20-,21+,22-,24?,29+,30+/m1/s1. The average Bonchev–Trinajstić information content (AvgIpc) is 3.20. The van der Waals surface area contributed by atoms with E-state index in [0.717, 1.165) is 0 Å². The van der Waals surface area contributed by atoms with E-state index in [1.54, 1.807) is 24.0 Å². The zero-order chi connectivity index (χ0) is 29.4. The van der Waals surface area contributed by atoms with Crippen LogP contribution in [0.15, 0.2) is 48.2 Å². The Kier molecular flexibility index (Phi) is 8.21. The van der Waals surface area contributed by atoms with Crippen LogP contribution in [0.25, 0.3) is 0 Å². The molecule has 216 valence electrons. The minimum atomic E-state index is -1.25. The van der Waals surface area contributed by atoms with Crippen LogP contribution in [-0.2, 0) is 42.9 Å². The number of esters is 2. The number of hydrogen-bond donors (Lipinski definition) is 0. The van der Waals surface area contributed by atoms with Crippen LogP contribution in [0.4, 0.5) is 0 Å². The first kappa shape index (κ1) is 29.5. The number of ether oxygens (including phenoxy) is 4. The molecule has 7 atom stereocenters. The number of Topliss-reactive ketones (excluding diaryl/α,β-unsaturated/α-hetero) is 2. The number of hydrogen-bond acceptors (Lipinski definition) is 10. The zero-order valence-electron chi connectivity index (χ0n) is 23.5. The highest BCUT2D eigenvalue weighted by Crippen LogP contribution is 2.63. The van der Waals surface area contributed by atoms with Crippen LogP contribution >= 0.6 is 0 Å². The van der Waals surface area contributed by atoms with Gasteiger partial charge in [-0.15, -0.1) is 13.2 Å². The van der Waals surface area contributed by atoms with Gasteiger partial charge in [0.05, 0.1) is 18.1 Å². The van der Waals surface area contributed by atoms with E-state index in [0.29, 0.717) is 38.0 Å². The topological polar surface area (TPSA) is 126 Å². The first-order valence-corrected chi connectivity index (χ1v) is 13.5. The molecule has 0 aromatic rings. The SMILES string of the molecule is C=CCN(C=C1C(=O)O[C@H](COC)[C@]2(C)C3=C(C(=O)C(=O)C12)C1CC[C@H](OC=O)[C@@]1(C)C[C@H]3OC(C)=O)CC=C. The number of methoxy groups -OCH3 is 1. The first-order chi connectivity index (χ1) is 19.0. The summed E-state index contributed by atoms with van der Waals surface area (Å²) in [4.78, 5) is 67.0. The molecule has 10 heteroatoms. The summed E-state index contributed by atoms with van der Waals surface area (Å²) in [6.07, 6.45) is 3.72. The second-order valence-electron chi connectivity index (χ2n) is 11.4. The van der Waals surface area contributed by atoms with Crippen LogP contribution in [-0.4, -0.2) is 80.0 Å². The third-order valence-corrected chi connectivity index (χ3v) is 9.11. The van der Waals surface area contributed by atoms with Gasteiger partial charge in [-0.1, -0.05) is 26.0 Å². The van der Waals surface area contributed by atoms with Crippen molar-refractivity contribution in [3.8, 4) is 0 Å². The Morgan fingerprint density at radius 1 is 1.15 bits per heavy atom. The van der Waals surface area contributed by atoms with E-state index >= 15 is 0 Å². The van der Waals surface area contributed by atoms with E-state index in [-0.39, 0.29) is 24.2 Å². The molecular weight excluding hydrogens is 518 g/mol. The van der Waals surface area contributed by atoms with E-state index in [1.165, 1.54) is 20.2 Å². The van der Waals surface area contributed by atoms with Crippen LogP contribution in [0, 0.1) is 22.7 Å². The predicted octanol–water partition coefficient (Wildman–Crippen LogP) is 2.48. The van der Waals surface area contributed by atoms with E-state index < -0.39 is 64.5 Å². The number of allylic oxidation sites excluding steroid dienone is 1. The van der Waals surface area contributed by atoms with Gasteiger partial charge in [-0.05, 0) is 30.8 Å². The van der Waals surface area contributed by atoms with Crippen molar-refractivity contribution < 1.29 is 42.9 Å². The summed E-state index contributed by atoms with van der Waals surface area (Å²) in [5, 5.41) is 0. The molecule has 0 radical (unpaired) electrons. The monoisotopic (exact) mass is 555 g/mol. The smallest absolute Gasteiger partial charge is 0.336 e. The molecule has 0 N–H and O–H groups in total. The molecule has 0 aromatic carbocycles. The third-order valence-electron chi connectivity index (χ3n) is 9.11. The average molecular weight is 556 g/mol. The van der Waals surface area contributed by atoms with Gasteiger partial charge in [-0.3, -0.25) is 19.2 Å². The van der Waals surface area contributed by atoms with Gasteiger partial charge in [0, 0.05) is 49.7 Å². The van der Waals surface area contributed by atoms with Crippen molar-refractivity contribution >= 4 is 30.0 Å². The molecule has 0 spiro atoms. The lowest BCUT2D eigenvalue weighted by Gasteiger charge is -2.56.